The van der Waals surface area contributed by atoms with Crippen molar-refractivity contribution in [3.05, 3.63) is 47.9 Å². The number of hydrogen-bond donors (Lipinski definition) is 2. The molecule has 0 saturated carbocycles. The third-order valence-electron chi connectivity index (χ3n) is 4.71. The maximum Gasteiger partial charge on any atom is 0.240 e. The molecular weight excluding hydrogens is 507 g/mol. The summed E-state index contributed by atoms with van der Waals surface area (Å²) in [5.74, 6) is 0.841. The van der Waals surface area contributed by atoms with Crippen LogP contribution in [0.4, 0.5) is 0 Å². The van der Waals surface area contributed by atoms with E-state index in [1.807, 2.05) is 6.07 Å². The van der Waals surface area contributed by atoms with Crippen LogP contribution >= 0.6 is 24.0 Å². The number of benzene rings is 1. The van der Waals surface area contributed by atoms with Crippen LogP contribution in [-0.2, 0) is 23.1 Å². The van der Waals surface area contributed by atoms with Gasteiger partial charge in [-0.1, -0.05) is 17.3 Å². The monoisotopic (exact) mass is 534 g/mol. The Morgan fingerprint density at radius 2 is 1.86 bits per heavy atom. The lowest BCUT2D eigenvalue weighted by Gasteiger charge is -2.36. The summed E-state index contributed by atoms with van der Waals surface area (Å²) < 4.78 is 30.8. The zero-order valence-electron chi connectivity index (χ0n) is 16.5. The molecule has 9 nitrogen and oxygen atoms in total. The van der Waals surface area contributed by atoms with E-state index in [2.05, 4.69) is 30.0 Å². The van der Waals surface area contributed by atoms with Gasteiger partial charge in [-0.15, -0.1) is 24.0 Å². The number of aliphatic imine (C=N–C) groups is 1. The number of sulfonamides is 1. The van der Waals surface area contributed by atoms with Gasteiger partial charge in [-0.3, -0.25) is 9.89 Å². The van der Waals surface area contributed by atoms with Crippen molar-refractivity contribution in [3.63, 3.8) is 0 Å². The number of nitrogens with zero attached hydrogens (tertiary/aromatic N) is 4. The number of hydrogen-bond acceptors (Lipinski definition) is 6. The summed E-state index contributed by atoms with van der Waals surface area (Å²) in [7, 11) is -0.236. The number of halogens is 1. The molecule has 0 spiro atoms. The molecule has 2 heterocycles. The van der Waals surface area contributed by atoms with Crippen molar-refractivity contribution in [3.8, 4) is 0 Å². The Kier molecular flexibility index (Phi) is 8.86. The summed E-state index contributed by atoms with van der Waals surface area (Å²) >= 11 is 0. The van der Waals surface area contributed by atoms with Gasteiger partial charge in [0.1, 0.15) is 6.26 Å². The Labute approximate surface area is 188 Å². The van der Waals surface area contributed by atoms with E-state index < -0.39 is 10.0 Å². The van der Waals surface area contributed by atoms with Crippen LogP contribution in [0.15, 0.2) is 51.0 Å². The second-order valence-corrected chi connectivity index (χ2v) is 8.39. The predicted octanol–water partition coefficient (Wildman–Crippen LogP) is 1.09. The number of nitrogens with one attached hydrogen (secondary N) is 2. The first-order chi connectivity index (χ1) is 13.5. The molecular formula is C18H27IN6O3S. The van der Waals surface area contributed by atoms with E-state index in [0.717, 1.165) is 49.9 Å². The van der Waals surface area contributed by atoms with Crippen molar-refractivity contribution < 1.29 is 12.9 Å². The Morgan fingerprint density at radius 1 is 1.17 bits per heavy atom. The summed E-state index contributed by atoms with van der Waals surface area (Å²) in [5.41, 5.74) is 1.93. The van der Waals surface area contributed by atoms with E-state index in [9.17, 15) is 8.42 Å². The number of rotatable bonds is 6. The van der Waals surface area contributed by atoms with Crippen LogP contribution in [0.1, 0.15) is 11.3 Å². The van der Waals surface area contributed by atoms with Crippen LogP contribution in [0.3, 0.4) is 0 Å². The molecule has 1 fully saturated rings. The van der Waals surface area contributed by atoms with Gasteiger partial charge in [0.15, 0.2) is 5.96 Å². The lowest BCUT2D eigenvalue weighted by atomic mass is 10.2. The molecule has 0 amide bonds. The molecule has 1 aromatic carbocycles. The van der Waals surface area contributed by atoms with Crippen LogP contribution in [0.25, 0.3) is 0 Å². The standard InChI is InChI=1S/C18H26N6O3S.HI/c1-19-18(21-13-15-3-5-17(6-4-15)28(25,26)20-2)24-10-8-23(9-11-24)14-16-7-12-27-22-16;/h3-7,12,20H,8-11,13-14H2,1-2H3,(H,19,21);1H. The Bertz CT molecular complexity index is 879. The molecule has 1 aliphatic rings. The fourth-order valence-corrected chi connectivity index (χ4v) is 3.81. The van der Waals surface area contributed by atoms with E-state index in [1.165, 1.54) is 7.05 Å². The Hall–Kier alpha value is -1.70. The minimum absolute atomic E-state index is 0. The zero-order valence-corrected chi connectivity index (χ0v) is 19.7. The van der Waals surface area contributed by atoms with Gasteiger partial charge in [-0.05, 0) is 24.7 Å². The molecule has 0 atom stereocenters. The molecule has 0 radical (unpaired) electrons. The van der Waals surface area contributed by atoms with Gasteiger partial charge in [0.25, 0.3) is 0 Å². The van der Waals surface area contributed by atoms with Crippen molar-refractivity contribution in [2.45, 2.75) is 18.0 Å². The highest BCUT2D eigenvalue weighted by Gasteiger charge is 2.20. The van der Waals surface area contributed by atoms with Gasteiger partial charge in [-0.2, -0.15) is 0 Å². The van der Waals surface area contributed by atoms with Crippen molar-refractivity contribution >= 4 is 40.0 Å². The summed E-state index contributed by atoms with van der Waals surface area (Å²) in [4.78, 5) is 9.19. The van der Waals surface area contributed by atoms with Gasteiger partial charge in [-0.25, -0.2) is 13.1 Å². The number of piperazine rings is 1. The Balaban J connectivity index is 0.00000300. The molecule has 1 saturated heterocycles. The van der Waals surface area contributed by atoms with Crippen molar-refractivity contribution in [1.82, 2.24) is 25.0 Å². The van der Waals surface area contributed by atoms with Gasteiger partial charge < -0.3 is 14.7 Å². The average Bonchev–Trinajstić information content (AvgIpc) is 3.23. The van der Waals surface area contributed by atoms with Gasteiger partial charge in [0.05, 0.1) is 10.6 Å². The lowest BCUT2D eigenvalue weighted by molar-refractivity contribution is 0.169. The molecule has 11 heteroatoms. The molecule has 3 rings (SSSR count). The quantitative estimate of drug-likeness (QED) is 0.325. The summed E-state index contributed by atoms with van der Waals surface area (Å²) in [5, 5.41) is 7.32. The minimum atomic E-state index is -3.41. The molecule has 160 valence electrons. The van der Waals surface area contributed by atoms with Crippen molar-refractivity contribution in [1.29, 1.82) is 0 Å². The molecule has 1 aliphatic heterocycles. The molecule has 1 aromatic heterocycles. The largest absolute Gasteiger partial charge is 0.364 e. The average molecular weight is 534 g/mol. The first kappa shape index (κ1) is 23.6. The highest BCUT2D eigenvalue weighted by molar-refractivity contribution is 14.0. The van der Waals surface area contributed by atoms with Gasteiger partial charge in [0.2, 0.25) is 10.0 Å². The molecule has 2 N–H and O–H groups in total. The second-order valence-electron chi connectivity index (χ2n) is 6.51. The predicted molar refractivity (Wildman–Crippen MR) is 122 cm³/mol. The smallest absolute Gasteiger partial charge is 0.240 e. The number of aromatic nitrogens is 1. The highest BCUT2D eigenvalue weighted by atomic mass is 127. The SMILES string of the molecule is CN=C(NCc1ccc(S(=O)(=O)NC)cc1)N1CCN(Cc2ccon2)CC1.I. The molecule has 0 bridgehead atoms. The Morgan fingerprint density at radius 3 is 2.41 bits per heavy atom. The fourth-order valence-electron chi connectivity index (χ4n) is 3.08. The lowest BCUT2D eigenvalue weighted by Crippen LogP contribution is -2.52. The van der Waals surface area contributed by atoms with Gasteiger partial charge in [0, 0.05) is 52.4 Å². The molecule has 29 heavy (non-hydrogen) atoms. The van der Waals surface area contributed by atoms with Crippen LogP contribution < -0.4 is 10.0 Å². The molecule has 2 aromatic rings. The van der Waals surface area contributed by atoms with Crippen LogP contribution in [0.5, 0.6) is 0 Å². The third-order valence-corrected chi connectivity index (χ3v) is 6.14. The van der Waals surface area contributed by atoms with Gasteiger partial charge >= 0.3 is 0 Å². The highest BCUT2D eigenvalue weighted by Crippen LogP contribution is 2.11. The fraction of sp³-hybridized carbons (Fsp3) is 0.444. The summed E-state index contributed by atoms with van der Waals surface area (Å²) in [6.07, 6.45) is 1.60. The molecule has 0 aliphatic carbocycles. The van der Waals surface area contributed by atoms with Crippen molar-refractivity contribution in [2.24, 2.45) is 4.99 Å². The topological polar surface area (TPSA) is 103 Å². The van der Waals surface area contributed by atoms with Crippen molar-refractivity contribution in [2.75, 3.05) is 40.3 Å². The maximum atomic E-state index is 11.8. The normalized spacial score (nSPS) is 15.8. The number of guanidine groups is 1. The zero-order chi connectivity index (χ0) is 20.0. The third kappa shape index (κ3) is 6.39. The first-order valence-electron chi connectivity index (χ1n) is 9.11. The summed E-state index contributed by atoms with van der Waals surface area (Å²) in [6.45, 7) is 4.95. The maximum absolute atomic E-state index is 11.8. The van der Waals surface area contributed by atoms with E-state index in [1.54, 1.807) is 37.6 Å². The van der Waals surface area contributed by atoms with E-state index in [0.29, 0.717) is 6.54 Å². The van der Waals surface area contributed by atoms with Crippen LogP contribution in [-0.4, -0.2) is 69.6 Å². The van der Waals surface area contributed by atoms with Crippen LogP contribution in [0, 0.1) is 0 Å². The second kappa shape index (κ2) is 10.9. The van der Waals surface area contributed by atoms with E-state index in [4.69, 9.17) is 4.52 Å². The summed E-state index contributed by atoms with van der Waals surface area (Å²) in [6, 6.07) is 8.71. The first-order valence-corrected chi connectivity index (χ1v) is 10.6. The van der Waals surface area contributed by atoms with Crippen LogP contribution in [0.2, 0.25) is 0 Å². The minimum Gasteiger partial charge on any atom is -0.364 e. The molecule has 0 unspecified atom stereocenters. The van der Waals surface area contributed by atoms with E-state index in [-0.39, 0.29) is 28.9 Å². The van der Waals surface area contributed by atoms with E-state index >= 15 is 0 Å².